The molecular weight excluding hydrogens is 585 g/mol. The highest BCUT2D eigenvalue weighted by atomic mass is 15.0. The summed E-state index contributed by atoms with van der Waals surface area (Å²) >= 11 is 0. The van der Waals surface area contributed by atoms with E-state index in [2.05, 4.69) is 143 Å². The van der Waals surface area contributed by atoms with Crippen LogP contribution in [0, 0.1) is 22.7 Å². The maximum Gasteiger partial charge on any atom is 0.0991 e. The van der Waals surface area contributed by atoms with E-state index in [1.165, 1.54) is 0 Å². The number of nitrogens with zero attached hydrogens (tertiary/aromatic N) is 4. The Morgan fingerprint density at radius 1 is 0.375 bits per heavy atom. The summed E-state index contributed by atoms with van der Waals surface area (Å²) < 4.78 is 4.78. The van der Waals surface area contributed by atoms with Crippen LogP contribution in [0.5, 0.6) is 0 Å². The molecule has 4 nitrogen and oxygen atoms in total. The summed E-state index contributed by atoms with van der Waals surface area (Å²) in [6.45, 7) is 0. The minimum atomic E-state index is 0.621. The molecule has 48 heavy (non-hydrogen) atoms. The lowest BCUT2D eigenvalue weighted by atomic mass is 9.89. The molecule has 2 heterocycles. The van der Waals surface area contributed by atoms with E-state index in [0.29, 0.717) is 11.1 Å². The van der Waals surface area contributed by atoms with Crippen LogP contribution in [0.4, 0.5) is 0 Å². The maximum atomic E-state index is 9.72. The maximum absolute atomic E-state index is 9.72. The summed E-state index contributed by atoms with van der Waals surface area (Å²) in [7, 11) is 0. The van der Waals surface area contributed by atoms with Gasteiger partial charge in [0.2, 0.25) is 0 Å². The van der Waals surface area contributed by atoms with Crippen molar-refractivity contribution in [3.05, 3.63) is 169 Å². The molecule has 0 radical (unpaired) electrons. The highest BCUT2D eigenvalue weighted by Gasteiger charge is 2.28. The number of aromatic nitrogens is 2. The molecule has 0 N–H and O–H groups in total. The first-order chi connectivity index (χ1) is 23.8. The van der Waals surface area contributed by atoms with Gasteiger partial charge in [0.15, 0.2) is 0 Å². The predicted molar refractivity (Wildman–Crippen MR) is 195 cm³/mol. The monoisotopic (exact) mass is 610 g/mol. The number of fused-ring (bicyclic) bond motifs is 6. The van der Waals surface area contributed by atoms with E-state index in [1.54, 1.807) is 0 Å². The van der Waals surface area contributed by atoms with Crippen molar-refractivity contribution < 1.29 is 0 Å². The fraction of sp³-hybridized carbons (Fsp3) is 0. The van der Waals surface area contributed by atoms with E-state index in [9.17, 15) is 10.5 Å². The van der Waals surface area contributed by atoms with Gasteiger partial charge in [-0.1, -0.05) is 97.1 Å². The number of rotatable bonds is 4. The van der Waals surface area contributed by atoms with E-state index >= 15 is 0 Å². The molecule has 0 amide bonds. The first-order valence-corrected chi connectivity index (χ1v) is 15.9. The van der Waals surface area contributed by atoms with Crippen LogP contribution in [-0.2, 0) is 0 Å². The van der Waals surface area contributed by atoms with E-state index in [-0.39, 0.29) is 0 Å². The third-order valence-corrected chi connectivity index (χ3v) is 9.36. The molecule has 0 atom stereocenters. The summed E-state index contributed by atoms with van der Waals surface area (Å²) in [5.41, 5.74) is 12.0. The van der Waals surface area contributed by atoms with Crippen LogP contribution in [-0.4, -0.2) is 9.13 Å². The lowest BCUT2D eigenvalue weighted by molar-refractivity contribution is 1.17. The van der Waals surface area contributed by atoms with Gasteiger partial charge in [-0.3, -0.25) is 0 Å². The molecule has 0 aliphatic heterocycles. The van der Waals surface area contributed by atoms with Crippen molar-refractivity contribution in [1.29, 1.82) is 10.5 Å². The lowest BCUT2D eigenvalue weighted by Gasteiger charge is -2.18. The average molecular weight is 611 g/mol. The number of para-hydroxylation sites is 4. The Bertz CT molecular complexity index is 2560. The lowest BCUT2D eigenvalue weighted by Crippen LogP contribution is -1.99. The first kappa shape index (κ1) is 27.4. The van der Waals surface area contributed by atoms with Crippen LogP contribution >= 0.6 is 0 Å². The van der Waals surface area contributed by atoms with Gasteiger partial charge in [0, 0.05) is 44.0 Å². The third kappa shape index (κ3) is 4.01. The second kappa shape index (κ2) is 10.9. The van der Waals surface area contributed by atoms with Crippen LogP contribution in [0.2, 0.25) is 0 Å². The molecule has 222 valence electrons. The molecule has 0 fully saturated rings. The largest absolute Gasteiger partial charge is 0.309 e. The summed E-state index contributed by atoms with van der Waals surface area (Å²) in [4.78, 5) is 0. The van der Waals surface area contributed by atoms with Crippen LogP contribution in [0.3, 0.4) is 0 Å². The Labute approximate surface area is 277 Å². The molecule has 9 rings (SSSR count). The minimum absolute atomic E-state index is 0.621. The molecule has 0 saturated carbocycles. The first-order valence-electron chi connectivity index (χ1n) is 15.9. The Morgan fingerprint density at radius 3 is 1.10 bits per heavy atom. The second-order valence-electron chi connectivity index (χ2n) is 12.0. The Morgan fingerprint density at radius 2 is 0.729 bits per heavy atom. The average Bonchev–Trinajstić information content (AvgIpc) is 3.68. The molecule has 0 bridgehead atoms. The fourth-order valence-corrected chi connectivity index (χ4v) is 7.37. The van der Waals surface area contributed by atoms with Gasteiger partial charge in [0.1, 0.15) is 0 Å². The van der Waals surface area contributed by atoms with Gasteiger partial charge in [-0.15, -0.1) is 0 Å². The Hall–Kier alpha value is -6.88. The molecule has 0 saturated heterocycles. The second-order valence-corrected chi connectivity index (χ2v) is 12.0. The molecule has 4 heteroatoms. The van der Waals surface area contributed by atoms with E-state index in [1.807, 2.05) is 36.4 Å². The standard InChI is InChI=1S/C44H26N4/c45-27-29-19-23-31(24-20-29)39-42-36-16-8-10-18-38(36)48(34-13-5-2-6-14-34)44(42)40(32-25-21-30(28-46)22-26-32)41-35-15-7-9-17-37(35)47(43(39)41)33-11-3-1-4-12-33/h1-26H. The quantitative estimate of drug-likeness (QED) is 0.199. The zero-order chi connectivity index (χ0) is 32.2. The van der Waals surface area contributed by atoms with Crippen molar-refractivity contribution in [2.75, 3.05) is 0 Å². The van der Waals surface area contributed by atoms with Crippen LogP contribution in [0.1, 0.15) is 11.1 Å². The number of nitriles is 2. The number of hydrogen-bond acceptors (Lipinski definition) is 2. The molecule has 9 aromatic rings. The van der Waals surface area contributed by atoms with Gasteiger partial charge in [-0.05, 0) is 71.8 Å². The highest BCUT2D eigenvalue weighted by Crippen LogP contribution is 2.51. The summed E-state index contributed by atoms with van der Waals surface area (Å²) in [5, 5.41) is 24.0. The molecule has 0 aliphatic carbocycles. The van der Waals surface area contributed by atoms with Crippen LogP contribution in [0.25, 0.3) is 77.2 Å². The molecule has 0 aliphatic rings. The summed E-state index contributed by atoms with van der Waals surface area (Å²) in [6, 6.07) is 58.9. The van der Waals surface area contributed by atoms with Crippen molar-refractivity contribution in [2.24, 2.45) is 0 Å². The van der Waals surface area contributed by atoms with Gasteiger partial charge >= 0.3 is 0 Å². The van der Waals surface area contributed by atoms with Crippen molar-refractivity contribution in [3.63, 3.8) is 0 Å². The normalized spacial score (nSPS) is 11.3. The zero-order valence-electron chi connectivity index (χ0n) is 25.8. The third-order valence-electron chi connectivity index (χ3n) is 9.36. The van der Waals surface area contributed by atoms with Gasteiger partial charge in [0.05, 0.1) is 45.3 Å². The topological polar surface area (TPSA) is 57.4 Å². The van der Waals surface area contributed by atoms with Crippen molar-refractivity contribution in [3.8, 4) is 45.8 Å². The SMILES string of the molecule is N#Cc1ccc(-c2c3c4ccccc4n(-c4ccccc4)c3c(-c3ccc(C#N)cc3)c3c4ccccc4n(-c4ccccc4)c23)cc1. The van der Waals surface area contributed by atoms with Crippen LogP contribution < -0.4 is 0 Å². The Balaban J connectivity index is 1.64. The van der Waals surface area contributed by atoms with E-state index in [0.717, 1.165) is 77.2 Å². The molecule has 7 aromatic carbocycles. The zero-order valence-corrected chi connectivity index (χ0v) is 25.8. The molecular formula is C44H26N4. The highest BCUT2D eigenvalue weighted by molar-refractivity contribution is 6.33. The predicted octanol–water partition coefficient (Wildman–Crippen LogP) is 11.0. The van der Waals surface area contributed by atoms with Gasteiger partial charge in [-0.2, -0.15) is 10.5 Å². The number of benzene rings is 7. The molecule has 2 aromatic heterocycles. The fourth-order valence-electron chi connectivity index (χ4n) is 7.37. The molecule has 0 spiro atoms. The molecule has 0 unspecified atom stereocenters. The van der Waals surface area contributed by atoms with Gasteiger partial charge < -0.3 is 9.13 Å². The summed E-state index contributed by atoms with van der Waals surface area (Å²) in [6.07, 6.45) is 0. The van der Waals surface area contributed by atoms with E-state index < -0.39 is 0 Å². The van der Waals surface area contributed by atoms with Gasteiger partial charge in [0.25, 0.3) is 0 Å². The Kier molecular flexibility index (Phi) is 6.22. The smallest absolute Gasteiger partial charge is 0.0991 e. The van der Waals surface area contributed by atoms with Crippen molar-refractivity contribution in [2.45, 2.75) is 0 Å². The summed E-state index contributed by atoms with van der Waals surface area (Å²) in [5.74, 6) is 0. The van der Waals surface area contributed by atoms with Crippen molar-refractivity contribution >= 4 is 43.6 Å². The van der Waals surface area contributed by atoms with E-state index in [4.69, 9.17) is 0 Å². The minimum Gasteiger partial charge on any atom is -0.309 e. The van der Waals surface area contributed by atoms with Gasteiger partial charge in [-0.25, -0.2) is 0 Å². The van der Waals surface area contributed by atoms with Crippen molar-refractivity contribution in [1.82, 2.24) is 9.13 Å². The number of hydrogen-bond donors (Lipinski definition) is 0. The van der Waals surface area contributed by atoms with Crippen LogP contribution in [0.15, 0.2) is 158 Å².